The number of nitrogens with one attached hydrogen (secondary N) is 1. The van der Waals surface area contributed by atoms with Crippen LogP contribution in [0.15, 0.2) is 30.7 Å². The highest BCUT2D eigenvalue weighted by Crippen LogP contribution is 2.19. The lowest BCUT2D eigenvalue weighted by Crippen LogP contribution is -2.40. The van der Waals surface area contributed by atoms with Crippen molar-refractivity contribution in [1.29, 1.82) is 0 Å². The van der Waals surface area contributed by atoms with Gasteiger partial charge in [-0.2, -0.15) is 0 Å². The summed E-state index contributed by atoms with van der Waals surface area (Å²) in [5.74, 6) is 0.670. The van der Waals surface area contributed by atoms with Crippen molar-refractivity contribution in [3.05, 3.63) is 36.6 Å². The van der Waals surface area contributed by atoms with E-state index in [4.69, 9.17) is 4.74 Å². The van der Waals surface area contributed by atoms with Crippen LogP contribution < -0.4 is 0 Å². The number of hydrogen-bond acceptors (Lipinski definition) is 4. The van der Waals surface area contributed by atoms with E-state index in [0.717, 1.165) is 17.3 Å². The third-order valence-electron chi connectivity index (χ3n) is 3.62. The van der Waals surface area contributed by atoms with Crippen LogP contribution in [0.5, 0.6) is 0 Å². The molecule has 1 N–H and O–H groups in total. The first-order valence-corrected chi connectivity index (χ1v) is 7.45. The van der Waals surface area contributed by atoms with E-state index in [0.29, 0.717) is 25.3 Å². The highest BCUT2D eigenvalue weighted by molar-refractivity contribution is 5.76. The second kappa shape index (κ2) is 5.79. The summed E-state index contributed by atoms with van der Waals surface area (Å²) in [6.45, 7) is 5.09. The molecule has 116 valence electrons. The van der Waals surface area contributed by atoms with Crippen molar-refractivity contribution in [2.75, 3.05) is 13.1 Å². The van der Waals surface area contributed by atoms with Gasteiger partial charge in [-0.25, -0.2) is 14.8 Å². The van der Waals surface area contributed by atoms with E-state index >= 15 is 0 Å². The molecule has 0 fully saturated rings. The van der Waals surface area contributed by atoms with Crippen molar-refractivity contribution in [3.63, 3.8) is 0 Å². The van der Waals surface area contributed by atoms with Crippen LogP contribution in [0.3, 0.4) is 0 Å². The zero-order valence-corrected chi connectivity index (χ0v) is 12.9. The molecule has 1 aliphatic rings. The van der Waals surface area contributed by atoms with E-state index in [1.165, 1.54) is 0 Å². The first-order valence-electron chi connectivity index (χ1n) is 7.45. The summed E-state index contributed by atoms with van der Waals surface area (Å²) in [4.78, 5) is 25.7. The predicted molar refractivity (Wildman–Crippen MR) is 83.5 cm³/mol. The van der Waals surface area contributed by atoms with Crippen molar-refractivity contribution in [2.45, 2.75) is 32.3 Å². The van der Waals surface area contributed by atoms with Gasteiger partial charge in [0.1, 0.15) is 11.4 Å². The van der Waals surface area contributed by atoms with Gasteiger partial charge in [0.05, 0.1) is 5.52 Å². The number of aromatic amines is 1. The number of H-pyrrole nitrogens is 1. The van der Waals surface area contributed by atoms with Crippen molar-refractivity contribution in [2.24, 2.45) is 0 Å². The monoisotopic (exact) mass is 300 g/mol. The van der Waals surface area contributed by atoms with Gasteiger partial charge in [-0.1, -0.05) is 12.2 Å². The van der Waals surface area contributed by atoms with E-state index < -0.39 is 5.60 Å². The molecule has 0 radical (unpaired) electrons. The molecule has 0 spiro atoms. The first-order chi connectivity index (χ1) is 10.5. The Morgan fingerprint density at radius 3 is 3.05 bits per heavy atom. The Labute approximate surface area is 129 Å². The molecule has 3 heterocycles. The molecule has 0 atom stereocenters. The summed E-state index contributed by atoms with van der Waals surface area (Å²) >= 11 is 0. The number of rotatable bonds is 3. The largest absolute Gasteiger partial charge is 0.443 e. The fraction of sp³-hybridized carbons (Fsp3) is 0.438. The quantitative estimate of drug-likeness (QED) is 0.885. The van der Waals surface area contributed by atoms with Crippen LogP contribution >= 0.6 is 0 Å². The van der Waals surface area contributed by atoms with Gasteiger partial charge in [0, 0.05) is 43.5 Å². The number of aromatic nitrogens is 3. The maximum absolute atomic E-state index is 12.2. The third kappa shape index (κ3) is 3.27. The van der Waals surface area contributed by atoms with Gasteiger partial charge >= 0.3 is 6.09 Å². The number of carbonyl (C=O) groups is 1. The van der Waals surface area contributed by atoms with Gasteiger partial charge in [-0.05, 0) is 20.3 Å². The average molecular weight is 300 g/mol. The van der Waals surface area contributed by atoms with Gasteiger partial charge < -0.3 is 14.6 Å². The summed E-state index contributed by atoms with van der Waals surface area (Å²) in [6.07, 6.45) is 10.6. The van der Waals surface area contributed by atoms with Gasteiger partial charge in [-0.3, -0.25) is 0 Å². The summed E-state index contributed by atoms with van der Waals surface area (Å²) in [5.41, 5.74) is 0.218. The second-order valence-electron chi connectivity index (χ2n) is 6.09. The van der Waals surface area contributed by atoms with Gasteiger partial charge in [0.15, 0.2) is 0 Å². The van der Waals surface area contributed by atoms with E-state index in [1.54, 1.807) is 11.1 Å². The number of ether oxygens (including phenoxy) is 1. The summed E-state index contributed by atoms with van der Waals surface area (Å²) in [6, 6.07) is 0. The number of fused-ring (bicyclic) bond motifs is 1. The molecular weight excluding hydrogens is 280 g/mol. The molecule has 3 rings (SSSR count). The van der Waals surface area contributed by atoms with Crippen LogP contribution in [0.2, 0.25) is 0 Å². The first kappa shape index (κ1) is 14.6. The van der Waals surface area contributed by atoms with Crippen LogP contribution in [-0.2, 0) is 11.2 Å². The highest BCUT2D eigenvalue weighted by atomic mass is 16.6. The minimum Gasteiger partial charge on any atom is -0.443 e. The van der Waals surface area contributed by atoms with Crippen LogP contribution in [0.1, 0.15) is 26.1 Å². The smallest absolute Gasteiger partial charge is 0.410 e. The van der Waals surface area contributed by atoms with Gasteiger partial charge in [-0.15, -0.1) is 0 Å². The van der Waals surface area contributed by atoms with Crippen molar-refractivity contribution < 1.29 is 9.53 Å². The molecule has 22 heavy (non-hydrogen) atoms. The minimum absolute atomic E-state index is 0.280. The number of nitrogens with zero attached hydrogens (tertiary/aromatic N) is 3. The van der Waals surface area contributed by atoms with Crippen molar-refractivity contribution in [3.8, 4) is 0 Å². The molecule has 1 amide bonds. The van der Waals surface area contributed by atoms with Crippen molar-refractivity contribution >= 4 is 17.0 Å². The number of carbonyl (C=O) groups excluding carboxylic acids is 1. The summed E-state index contributed by atoms with van der Waals surface area (Å²) < 4.78 is 5.64. The number of amides is 1. The molecule has 2 aromatic heterocycles. The summed E-state index contributed by atoms with van der Waals surface area (Å²) in [7, 11) is 0. The molecule has 1 aliphatic heterocycles. The van der Waals surface area contributed by atoms with E-state index in [2.05, 4.69) is 21.0 Å². The molecule has 6 heteroatoms. The Kier molecular flexibility index (Phi) is 3.83. The van der Waals surface area contributed by atoms with E-state index in [9.17, 15) is 4.79 Å². The van der Waals surface area contributed by atoms with E-state index in [1.807, 2.05) is 32.3 Å². The Hall–Kier alpha value is -2.37. The van der Waals surface area contributed by atoms with Crippen LogP contribution in [-0.4, -0.2) is 44.6 Å². The Morgan fingerprint density at radius 1 is 1.41 bits per heavy atom. The molecule has 0 aliphatic carbocycles. The molecule has 0 saturated carbocycles. The fourth-order valence-corrected chi connectivity index (χ4v) is 2.49. The maximum Gasteiger partial charge on any atom is 0.410 e. The lowest BCUT2D eigenvalue weighted by Gasteiger charge is -2.30. The molecule has 0 unspecified atom stereocenters. The van der Waals surface area contributed by atoms with Crippen LogP contribution in [0.25, 0.3) is 10.9 Å². The second-order valence-corrected chi connectivity index (χ2v) is 6.09. The molecule has 0 saturated heterocycles. The summed E-state index contributed by atoms with van der Waals surface area (Å²) in [5, 5.41) is 0.971. The maximum atomic E-state index is 12.2. The lowest BCUT2D eigenvalue weighted by atomic mass is 10.0. The minimum atomic E-state index is -0.651. The van der Waals surface area contributed by atoms with E-state index in [-0.39, 0.29) is 6.09 Å². The zero-order valence-electron chi connectivity index (χ0n) is 12.9. The Morgan fingerprint density at radius 2 is 2.27 bits per heavy atom. The predicted octanol–water partition coefficient (Wildman–Crippen LogP) is 2.68. The lowest BCUT2D eigenvalue weighted by molar-refractivity contribution is 0.0145. The Bertz CT molecular complexity index is 705. The topological polar surface area (TPSA) is 71.1 Å². The van der Waals surface area contributed by atoms with Crippen LogP contribution in [0.4, 0.5) is 4.79 Å². The molecule has 0 bridgehead atoms. The highest BCUT2D eigenvalue weighted by Gasteiger charge is 2.28. The van der Waals surface area contributed by atoms with Crippen LogP contribution in [0, 0.1) is 0 Å². The molecule has 0 aromatic carbocycles. The SMILES string of the molecule is CC(C)(Cc1ncc2c[nH]cc2n1)OC(=O)N1CC=CCC1. The average Bonchev–Trinajstić information content (AvgIpc) is 2.94. The normalized spacial score (nSPS) is 15.3. The number of hydrogen-bond donors (Lipinski definition) is 1. The standard InChI is InChI=1S/C16H20N4O2/c1-16(2,22-15(21)20-6-4-3-5-7-20)8-14-18-10-12-9-17-11-13(12)19-14/h3-4,9-11,17H,5-8H2,1-2H3. The van der Waals surface area contributed by atoms with Gasteiger partial charge in [0.25, 0.3) is 0 Å². The third-order valence-corrected chi connectivity index (χ3v) is 3.62. The molecule has 6 nitrogen and oxygen atoms in total. The van der Waals surface area contributed by atoms with Gasteiger partial charge in [0.2, 0.25) is 0 Å². The zero-order chi connectivity index (χ0) is 15.6. The van der Waals surface area contributed by atoms with Crippen molar-refractivity contribution in [1.82, 2.24) is 19.9 Å². The molecule has 2 aromatic rings. The Balaban J connectivity index is 1.66. The fourth-order valence-electron chi connectivity index (χ4n) is 2.49. The molecular formula is C16H20N4O2.